The van der Waals surface area contributed by atoms with Gasteiger partial charge in [0.1, 0.15) is 19.3 Å². The Kier molecular flexibility index (Phi) is 13.9. The number of aliphatic hydroxyl groups excluding tert-OH is 1. The second-order valence-electron chi connectivity index (χ2n) is 10.3. The van der Waals surface area contributed by atoms with Gasteiger partial charge in [0.25, 0.3) is 0 Å². The minimum Gasteiger partial charge on any atom is -0.462 e. The molecule has 0 aliphatic carbocycles. The molecule has 0 unspecified atom stereocenters. The zero-order chi connectivity index (χ0) is 29.5. The third kappa shape index (κ3) is 10.5. The molecule has 1 fully saturated rings. The SMILES string of the molecule is C=CC[C@@H](CC(=O)N1CCC[C@H]1CO)C(=O)N[C@H](COC(=O)[C@@H](CC=C)NC(=O)OCc1ccccc1)C(C)C. The van der Waals surface area contributed by atoms with Crippen LogP contribution >= 0.6 is 0 Å². The van der Waals surface area contributed by atoms with Crippen LogP contribution < -0.4 is 10.6 Å². The average Bonchev–Trinajstić information content (AvgIpc) is 3.43. The summed E-state index contributed by atoms with van der Waals surface area (Å²) in [6, 6.07) is 7.41. The largest absolute Gasteiger partial charge is 0.462 e. The summed E-state index contributed by atoms with van der Waals surface area (Å²) in [5, 5.41) is 15.0. The van der Waals surface area contributed by atoms with Crippen LogP contribution in [0, 0.1) is 11.8 Å². The number of benzene rings is 1. The van der Waals surface area contributed by atoms with E-state index in [9.17, 15) is 24.3 Å². The topological polar surface area (TPSA) is 134 Å². The Hall–Kier alpha value is -3.66. The number of hydrogen-bond acceptors (Lipinski definition) is 7. The van der Waals surface area contributed by atoms with E-state index in [0.717, 1.165) is 18.4 Å². The summed E-state index contributed by atoms with van der Waals surface area (Å²) in [5.41, 5.74) is 0.807. The molecule has 3 N–H and O–H groups in total. The summed E-state index contributed by atoms with van der Waals surface area (Å²) < 4.78 is 10.7. The minimum absolute atomic E-state index is 0.00459. The molecule has 0 spiro atoms. The fraction of sp³-hybridized carbons (Fsp3) is 0.533. The van der Waals surface area contributed by atoms with Crippen LogP contribution in [0.2, 0.25) is 0 Å². The first-order valence-corrected chi connectivity index (χ1v) is 13.8. The second-order valence-corrected chi connectivity index (χ2v) is 10.3. The summed E-state index contributed by atoms with van der Waals surface area (Å²) in [4.78, 5) is 52.7. The quantitative estimate of drug-likeness (QED) is 0.210. The van der Waals surface area contributed by atoms with E-state index in [-0.39, 0.29) is 56.4 Å². The predicted octanol–water partition coefficient (Wildman–Crippen LogP) is 3.11. The van der Waals surface area contributed by atoms with Crippen molar-refractivity contribution in [1.29, 1.82) is 0 Å². The number of aliphatic hydroxyl groups is 1. The molecule has 220 valence electrons. The number of likely N-dealkylation sites (tertiary alicyclic amines) is 1. The van der Waals surface area contributed by atoms with Crippen molar-refractivity contribution >= 4 is 23.9 Å². The van der Waals surface area contributed by atoms with E-state index < -0.39 is 30.1 Å². The van der Waals surface area contributed by atoms with Gasteiger partial charge in [-0.2, -0.15) is 0 Å². The van der Waals surface area contributed by atoms with E-state index >= 15 is 0 Å². The molecule has 0 bridgehead atoms. The van der Waals surface area contributed by atoms with E-state index in [4.69, 9.17) is 9.47 Å². The average molecular weight is 558 g/mol. The monoisotopic (exact) mass is 557 g/mol. The molecule has 3 amide bonds. The van der Waals surface area contributed by atoms with Gasteiger partial charge >= 0.3 is 12.1 Å². The molecule has 0 radical (unpaired) electrons. The maximum atomic E-state index is 13.2. The van der Waals surface area contributed by atoms with Gasteiger partial charge in [-0.05, 0) is 37.2 Å². The lowest BCUT2D eigenvalue weighted by atomic mass is 9.97. The Morgan fingerprint density at radius 1 is 1.07 bits per heavy atom. The van der Waals surface area contributed by atoms with Gasteiger partial charge in [0.05, 0.1) is 24.6 Å². The first-order chi connectivity index (χ1) is 19.2. The number of nitrogens with zero attached hydrogens (tertiary/aromatic N) is 1. The van der Waals surface area contributed by atoms with E-state index in [1.165, 1.54) is 6.08 Å². The molecule has 1 aromatic carbocycles. The van der Waals surface area contributed by atoms with Crippen LogP contribution in [0.4, 0.5) is 4.79 Å². The molecule has 4 atom stereocenters. The summed E-state index contributed by atoms with van der Waals surface area (Å²) in [5.74, 6) is -1.93. The summed E-state index contributed by atoms with van der Waals surface area (Å²) in [6.07, 6.45) is 4.32. The number of allylic oxidation sites excluding steroid dienone is 1. The van der Waals surface area contributed by atoms with Crippen molar-refractivity contribution in [2.45, 2.75) is 70.7 Å². The fourth-order valence-electron chi connectivity index (χ4n) is 4.43. The molecule has 1 aliphatic rings. The van der Waals surface area contributed by atoms with Crippen LogP contribution in [-0.2, 0) is 30.5 Å². The van der Waals surface area contributed by atoms with Crippen LogP contribution in [-0.4, -0.2) is 71.8 Å². The van der Waals surface area contributed by atoms with Crippen LogP contribution in [0.25, 0.3) is 0 Å². The van der Waals surface area contributed by atoms with E-state index in [0.29, 0.717) is 13.0 Å². The first-order valence-electron chi connectivity index (χ1n) is 13.8. The molecule has 1 aromatic rings. The third-order valence-electron chi connectivity index (χ3n) is 6.88. The van der Waals surface area contributed by atoms with Crippen molar-refractivity contribution in [3.8, 4) is 0 Å². The van der Waals surface area contributed by atoms with Gasteiger partial charge in [-0.15, -0.1) is 13.2 Å². The number of amides is 3. The molecule has 0 saturated carbocycles. The Balaban J connectivity index is 1.93. The van der Waals surface area contributed by atoms with E-state index in [2.05, 4.69) is 23.8 Å². The van der Waals surface area contributed by atoms with Crippen LogP contribution in [0.15, 0.2) is 55.6 Å². The summed E-state index contributed by atoms with van der Waals surface area (Å²) in [6.45, 7) is 11.5. The lowest BCUT2D eigenvalue weighted by molar-refractivity contribution is -0.148. The molecular formula is C30H43N3O7. The highest BCUT2D eigenvalue weighted by Crippen LogP contribution is 2.21. The highest BCUT2D eigenvalue weighted by atomic mass is 16.6. The number of rotatable bonds is 16. The molecule has 0 aromatic heterocycles. The van der Waals surface area contributed by atoms with Crippen molar-refractivity contribution in [1.82, 2.24) is 15.5 Å². The van der Waals surface area contributed by atoms with Crippen LogP contribution in [0.3, 0.4) is 0 Å². The number of carbonyl (C=O) groups excluding carboxylic acids is 4. The van der Waals surface area contributed by atoms with Gasteiger partial charge in [-0.1, -0.05) is 56.3 Å². The highest BCUT2D eigenvalue weighted by molar-refractivity contribution is 5.86. The smallest absolute Gasteiger partial charge is 0.408 e. The maximum absolute atomic E-state index is 13.2. The Morgan fingerprint density at radius 2 is 1.77 bits per heavy atom. The molecule has 40 heavy (non-hydrogen) atoms. The van der Waals surface area contributed by atoms with Crippen LogP contribution in [0.1, 0.15) is 51.5 Å². The molecule has 10 nitrogen and oxygen atoms in total. The van der Waals surface area contributed by atoms with Crippen molar-refractivity contribution in [3.63, 3.8) is 0 Å². The highest BCUT2D eigenvalue weighted by Gasteiger charge is 2.32. The van der Waals surface area contributed by atoms with Crippen molar-refractivity contribution in [3.05, 3.63) is 61.2 Å². The van der Waals surface area contributed by atoms with E-state index in [1.807, 2.05) is 44.2 Å². The van der Waals surface area contributed by atoms with Crippen molar-refractivity contribution < 1.29 is 33.8 Å². The fourth-order valence-corrected chi connectivity index (χ4v) is 4.43. The summed E-state index contributed by atoms with van der Waals surface area (Å²) in [7, 11) is 0. The number of alkyl carbamates (subject to hydrolysis) is 1. The molecule has 1 heterocycles. The van der Waals surface area contributed by atoms with Crippen molar-refractivity contribution in [2.75, 3.05) is 19.8 Å². The minimum atomic E-state index is -1.00. The number of hydrogen-bond donors (Lipinski definition) is 3. The molecule has 10 heteroatoms. The van der Waals surface area contributed by atoms with Gasteiger partial charge in [0.2, 0.25) is 11.8 Å². The summed E-state index contributed by atoms with van der Waals surface area (Å²) >= 11 is 0. The Bertz CT molecular complexity index is 998. The van der Waals surface area contributed by atoms with Gasteiger partial charge in [0, 0.05) is 13.0 Å². The van der Waals surface area contributed by atoms with Gasteiger partial charge in [0.15, 0.2) is 0 Å². The lowest BCUT2D eigenvalue weighted by Crippen LogP contribution is -2.48. The second kappa shape index (κ2) is 17.1. The van der Waals surface area contributed by atoms with Crippen molar-refractivity contribution in [2.24, 2.45) is 11.8 Å². The normalized spacial score (nSPS) is 16.9. The lowest BCUT2D eigenvalue weighted by Gasteiger charge is -2.27. The number of carbonyl (C=O) groups is 4. The predicted molar refractivity (Wildman–Crippen MR) is 151 cm³/mol. The number of nitrogens with one attached hydrogen (secondary N) is 2. The van der Waals surface area contributed by atoms with E-state index in [1.54, 1.807) is 11.0 Å². The molecule has 2 rings (SSSR count). The van der Waals surface area contributed by atoms with Gasteiger partial charge in [-0.3, -0.25) is 9.59 Å². The number of ether oxygens (including phenoxy) is 2. The molecule has 1 saturated heterocycles. The zero-order valence-electron chi connectivity index (χ0n) is 23.6. The Labute approximate surface area is 236 Å². The van der Waals surface area contributed by atoms with Gasteiger partial charge in [-0.25, -0.2) is 9.59 Å². The van der Waals surface area contributed by atoms with Gasteiger partial charge < -0.3 is 30.1 Å². The maximum Gasteiger partial charge on any atom is 0.408 e. The standard InChI is InChI=1S/C30H43N3O7/c1-5-11-23(17-27(35)33-16-10-15-24(33)18-34)28(36)31-26(21(3)4)20-39-29(37)25(12-6-2)32-30(38)40-19-22-13-8-7-9-14-22/h5-9,13-14,21,23-26,34H,1-2,10-12,15-20H2,3-4H3,(H,31,36)(H,32,38)/t23-,24-,25+,26+/m0/s1. The Morgan fingerprint density at radius 3 is 2.40 bits per heavy atom. The molecular weight excluding hydrogens is 514 g/mol. The zero-order valence-corrected chi connectivity index (χ0v) is 23.6. The first kappa shape index (κ1) is 32.6. The third-order valence-corrected chi connectivity index (χ3v) is 6.88. The van der Waals surface area contributed by atoms with Crippen LogP contribution in [0.5, 0.6) is 0 Å². The number of esters is 1. The molecule has 1 aliphatic heterocycles.